The molecule has 0 radical (unpaired) electrons. The molecular weight excluding hydrogens is 268 g/mol. The van der Waals surface area contributed by atoms with Crippen LogP contribution < -0.4 is 10.1 Å². The second-order valence-electron chi connectivity index (χ2n) is 4.72. The second kappa shape index (κ2) is 6.74. The number of benzene rings is 1. The highest BCUT2D eigenvalue weighted by Gasteiger charge is 2.06. The van der Waals surface area contributed by atoms with Gasteiger partial charge in [0.15, 0.2) is 0 Å². The first-order chi connectivity index (χ1) is 10.1. The van der Waals surface area contributed by atoms with Crippen LogP contribution in [0.1, 0.15) is 21.6 Å². The molecule has 5 heteroatoms. The Morgan fingerprint density at radius 3 is 2.86 bits per heavy atom. The summed E-state index contributed by atoms with van der Waals surface area (Å²) in [6.45, 7) is 2.45. The summed E-state index contributed by atoms with van der Waals surface area (Å²) in [6, 6.07) is 10.9. The van der Waals surface area contributed by atoms with Crippen molar-refractivity contribution in [1.82, 2.24) is 4.98 Å². The lowest BCUT2D eigenvalue weighted by Gasteiger charge is -2.08. The van der Waals surface area contributed by atoms with Gasteiger partial charge in [-0.15, -0.1) is 0 Å². The van der Waals surface area contributed by atoms with Crippen molar-refractivity contribution in [2.75, 3.05) is 19.0 Å². The summed E-state index contributed by atoms with van der Waals surface area (Å²) >= 11 is 0. The zero-order valence-electron chi connectivity index (χ0n) is 12.1. The summed E-state index contributed by atoms with van der Waals surface area (Å²) in [4.78, 5) is 15.3. The molecule has 1 heterocycles. The van der Waals surface area contributed by atoms with Crippen LogP contribution in [0.3, 0.4) is 0 Å². The average Bonchev–Trinajstić information content (AvgIpc) is 2.47. The summed E-state index contributed by atoms with van der Waals surface area (Å²) in [5.41, 5.74) is 2.07. The normalized spacial score (nSPS) is 10.2. The Balaban J connectivity index is 1.98. The Bertz CT molecular complexity index is 641. The molecule has 0 saturated carbocycles. The third-order valence-corrected chi connectivity index (χ3v) is 3.05. The third kappa shape index (κ3) is 4.21. The number of carboxylic acids is 1. The fourth-order valence-electron chi connectivity index (χ4n) is 2.05. The van der Waals surface area contributed by atoms with E-state index in [1.165, 1.54) is 0 Å². The number of nitrogens with zero attached hydrogens (tertiary/aromatic N) is 1. The number of aromatic carboxylic acids is 1. The minimum absolute atomic E-state index is 0.242. The van der Waals surface area contributed by atoms with E-state index < -0.39 is 5.97 Å². The molecule has 0 spiro atoms. The third-order valence-electron chi connectivity index (χ3n) is 3.05. The molecule has 0 aliphatic carbocycles. The monoisotopic (exact) mass is 286 g/mol. The molecule has 0 unspecified atom stereocenters. The summed E-state index contributed by atoms with van der Waals surface area (Å²) in [6.07, 6.45) is 0.801. The van der Waals surface area contributed by atoms with Gasteiger partial charge < -0.3 is 15.2 Å². The number of carboxylic acid groups (broad SMARTS) is 1. The van der Waals surface area contributed by atoms with E-state index >= 15 is 0 Å². The largest absolute Gasteiger partial charge is 0.497 e. The number of ether oxygens (including phenoxy) is 1. The predicted molar refractivity (Wildman–Crippen MR) is 81.1 cm³/mol. The molecule has 1 aromatic carbocycles. The van der Waals surface area contributed by atoms with Crippen LogP contribution in [0.15, 0.2) is 36.4 Å². The molecule has 110 valence electrons. The van der Waals surface area contributed by atoms with E-state index in [1.54, 1.807) is 26.2 Å². The molecule has 0 bridgehead atoms. The summed E-state index contributed by atoms with van der Waals surface area (Å²) < 4.78 is 5.18. The minimum Gasteiger partial charge on any atom is -0.497 e. The maximum atomic E-state index is 11.0. The van der Waals surface area contributed by atoms with E-state index in [-0.39, 0.29) is 5.56 Å². The molecular formula is C16H18N2O3. The standard InChI is InChI=1S/C16H18N2O3/c1-11-8-13(16(19)20)10-15(18-11)17-7-6-12-4-3-5-14(9-12)21-2/h3-5,8-10H,6-7H2,1-2H3,(H,17,18)(H,19,20). The van der Waals surface area contributed by atoms with Gasteiger partial charge in [0.25, 0.3) is 0 Å². The first-order valence-corrected chi connectivity index (χ1v) is 6.67. The van der Waals surface area contributed by atoms with Gasteiger partial charge in [-0.25, -0.2) is 9.78 Å². The van der Waals surface area contributed by atoms with Gasteiger partial charge >= 0.3 is 5.97 Å². The molecule has 21 heavy (non-hydrogen) atoms. The van der Waals surface area contributed by atoms with E-state index in [4.69, 9.17) is 9.84 Å². The van der Waals surface area contributed by atoms with Crippen LogP contribution in [0.4, 0.5) is 5.82 Å². The van der Waals surface area contributed by atoms with Crippen molar-refractivity contribution in [2.45, 2.75) is 13.3 Å². The van der Waals surface area contributed by atoms with Crippen molar-refractivity contribution in [3.8, 4) is 5.75 Å². The lowest BCUT2D eigenvalue weighted by atomic mass is 10.1. The van der Waals surface area contributed by atoms with E-state index in [2.05, 4.69) is 10.3 Å². The fraction of sp³-hybridized carbons (Fsp3) is 0.250. The van der Waals surface area contributed by atoms with Crippen molar-refractivity contribution < 1.29 is 14.6 Å². The van der Waals surface area contributed by atoms with Gasteiger partial charge in [-0.1, -0.05) is 12.1 Å². The van der Waals surface area contributed by atoms with Gasteiger partial charge in [0, 0.05) is 12.2 Å². The zero-order chi connectivity index (χ0) is 15.2. The SMILES string of the molecule is COc1cccc(CCNc2cc(C(=O)O)cc(C)n2)c1. The first kappa shape index (κ1) is 14.8. The predicted octanol–water partition coefficient (Wildman–Crippen LogP) is 2.75. The van der Waals surface area contributed by atoms with Crippen LogP contribution in [-0.4, -0.2) is 29.7 Å². The van der Waals surface area contributed by atoms with Crippen molar-refractivity contribution in [1.29, 1.82) is 0 Å². The molecule has 0 atom stereocenters. The molecule has 0 amide bonds. The number of aryl methyl sites for hydroxylation is 1. The number of nitrogens with one attached hydrogen (secondary N) is 1. The summed E-state index contributed by atoms with van der Waals surface area (Å²) in [7, 11) is 1.64. The van der Waals surface area contributed by atoms with E-state index in [1.807, 2.05) is 24.3 Å². The number of anilines is 1. The fourth-order valence-corrected chi connectivity index (χ4v) is 2.05. The van der Waals surface area contributed by atoms with Gasteiger partial charge in [0.2, 0.25) is 0 Å². The van der Waals surface area contributed by atoms with Crippen LogP contribution in [0.25, 0.3) is 0 Å². The number of carbonyl (C=O) groups is 1. The smallest absolute Gasteiger partial charge is 0.335 e. The van der Waals surface area contributed by atoms with Crippen LogP contribution in [0.5, 0.6) is 5.75 Å². The second-order valence-corrected chi connectivity index (χ2v) is 4.72. The van der Waals surface area contributed by atoms with E-state index in [0.717, 1.165) is 17.7 Å². The summed E-state index contributed by atoms with van der Waals surface area (Å²) in [5.74, 6) is 0.459. The van der Waals surface area contributed by atoms with Crippen LogP contribution >= 0.6 is 0 Å². The number of aromatic nitrogens is 1. The Kier molecular flexibility index (Phi) is 4.77. The molecule has 0 aliphatic rings. The lowest BCUT2D eigenvalue weighted by Crippen LogP contribution is -2.08. The molecule has 0 saturated heterocycles. The van der Waals surface area contributed by atoms with Gasteiger partial charge in [0.05, 0.1) is 12.7 Å². The highest BCUT2D eigenvalue weighted by Crippen LogP contribution is 2.14. The van der Waals surface area contributed by atoms with Crippen molar-refractivity contribution in [3.63, 3.8) is 0 Å². The van der Waals surface area contributed by atoms with Gasteiger partial charge in [-0.3, -0.25) is 0 Å². The van der Waals surface area contributed by atoms with E-state index in [0.29, 0.717) is 18.1 Å². The Morgan fingerprint density at radius 1 is 1.33 bits per heavy atom. The minimum atomic E-state index is -0.948. The Labute approximate surface area is 123 Å². The first-order valence-electron chi connectivity index (χ1n) is 6.67. The molecule has 2 aromatic rings. The molecule has 1 aromatic heterocycles. The van der Waals surface area contributed by atoms with Crippen LogP contribution in [-0.2, 0) is 6.42 Å². The van der Waals surface area contributed by atoms with Crippen molar-refractivity contribution in [3.05, 3.63) is 53.2 Å². The quantitative estimate of drug-likeness (QED) is 0.854. The number of hydrogen-bond acceptors (Lipinski definition) is 4. The molecule has 0 aliphatic heterocycles. The zero-order valence-corrected chi connectivity index (χ0v) is 12.1. The number of methoxy groups -OCH3 is 1. The van der Waals surface area contributed by atoms with Crippen LogP contribution in [0, 0.1) is 6.92 Å². The Hall–Kier alpha value is -2.56. The van der Waals surface area contributed by atoms with Crippen molar-refractivity contribution >= 4 is 11.8 Å². The average molecular weight is 286 g/mol. The highest BCUT2D eigenvalue weighted by molar-refractivity contribution is 5.88. The van der Waals surface area contributed by atoms with Crippen LogP contribution in [0.2, 0.25) is 0 Å². The van der Waals surface area contributed by atoms with E-state index in [9.17, 15) is 4.79 Å². The molecule has 2 N–H and O–H groups in total. The highest BCUT2D eigenvalue weighted by atomic mass is 16.5. The lowest BCUT2D eigenvalue weighted by molar-refractivity contribution is 0.0696. The van der Waals surface area contributed by atoms with Gasteiger partial charge in [-0.2, -0.15) is 0 Å². The molecule has 5 nitrogen and oxygen atoms in total. The maximum absolute atomic E-state index is 11.0. The van der Waals surface area contributed by atoms with Gasteiger partial charge in [0.1, 0.15) is 11.6 Å². The Morgan fingerprint density at radius 2 is 2.14 bits per heavy atom. The number of rotatable bonds is 6. The van der Waals surface area contributed by atoms with Gasteiger partial charge in [-0.05, 0) is 43.2 Å². The maximum Gasteiger partial charge on any atom is 0.335 e. The number of hydrogen-bond donors (Lipinski definition) is 2. The summed E-state index contributed by atoms with van der Waals surface area (Å²) in [5, 5.41) is 12.2. The number of pyridine rings is 1. The topological polar surface area (TPSA) is 71.5 Å². The molecule has 0 fully saturated rings. The van der Waals surface area contributed by atoms with Crippen molar-refractivity contribution in [2.24, 2.45) is 0 Å². The molecule has 2 rings (SSSR count).